The lowest BCUT2D eigenvalue weighted by molar-refractivity contribution is 0.222. The molecule has 1 aliphatic heterocycles. The number of piperidine rings is 1. The van der Waals surface area contributed by atoms with E-state index in [4.69, 9.17) is 5.10 Å². The summed E-state index contributed by atoms with van der Waals surface area (Å²) in [6.45, 7) is 6.88. The highest BCUT2D eigenvalue weighted by Crippen LogP contribution is 2.28. The Bertz CT molecular complexity index is 835. The molecule has 0 saturated carbocycles. The monoisotopic (exact) mass is 369 g/mol. The SMILES string of the molecule is Cc1ccc2c(c1)c(-c1ccccc1)nn2CCCN1CCCCC1.Cl. The first-order valence-corrected chi connectivity index (χ1v) is 9.56. The zero-order chi connectivity index (χ0) is 17.1. The molecular formula is C22H28ClN3. The van der Waals surface area contributed by atoms with Crippen molar-refractivity contribution in [1.82, 2.24) is 14.7 Å². The van der Waals surface area contributed by atoms with Gasteiger partial charge in [0.25, 0.3) is 0 Å². The van der Waals surface area contributed by atoms with Crippen LogP contribution in [-0.2, 0) is 6.54 Å². The molecule has 1 saturated heterocycles. The maximum absolute atomic E-state index is 4.98. The van der Waals surface area contributed by atoms with Gasteiger partial charge in [0.1, 0.15) is 5.69 Å². The van der Waals surface area contributed by atoms with Gasteiger partial charge in [0.15, 0.2) is 0 Å². The molecule has 3 nitrogen and oxygen atoms in total. The van der Waals surface area contributed by atoms with Gasteiger partial charge in [-0.3, -0.25) is 4.68 Å². The first kappa shape index (κ1) is 18.9. The average Bonchev–Trinajstić information content (AvgIpc) is 3.01. The lowest BCUT2D eigenvalue weighted by Gasteiger charge is -2.26. The molecule has 3 aromatic rings. The van der Waals surface area contributed by atoms with E-state index in [0.29, 0.717) is 0 Å². The number of hydrogen-bond acceptors (Lipinski definition) is 2. The van der Waals surface area contributed by atoms with Crippen LogP contribution >= 0.6 is 12.4 Å². The van der Waals surface area contributed by atoms with Gasteiger partial charge in [0.05, 0.1) is 5.52 Å². The maximum Gasteiger partial charge on any atom is 0.100 e. The van der Waals surface area contributed by atoms with E-state index in [1.54, 1.807) is 0 Å². The second-order valence-electron chi connectivity index (χ2n) is 7.21. The van der Waals surface area contributed by atoms with E-state index in [1.165, 1.54) is 67.3 Å². The number of benzene rings is 2. The summed E-state index contributed by atoms with van der Waals surface area (Å²) in [5.41, 5.74) is 4.85. The van der Waals surface area contributed by atoms with Gasteiger partial charge in [-0.2, -0.15) is 5.10 Å². The molecule has 4 rings (SSSR count). The summed E-state index contributed by atoms with van der Waals surface area (Å²) < 4.78 is 2.21. The van der Waals surface area contributed by atoms with Crippen LogP contribution in [0.3, 0.4) is 0 Å². The maximum atomic E-state index is 4.98. The van der Waals surface area contributed by atoms with Gasteiger partial charge in [-0.15, -0.1) is 12.4 Å². The second-order valence-corrected chi connectivity index (χ2v) is 7.21. The summed E-state index contributed by atoms with van der Waals surface area (Å²) in [4.78, 5) is 2.61. The molecule has 0 atom stereocenters. The minimum absolute atomic E-state index is 0. The normalized spacial score (nSPS) is 15.1. The topological polar surface area (TPSA) is 21.1 Å². The number of aromatic nitrogens is 2. The zero-order valence-electron chi connectivity index (χ0n) is 15.5. The highest BCUT2D eigenvalue weighted by molar-refractivity contribution is 5.93. The van der Waals surface area contributed by atoms with Gasteiger partial charge in [-0.1, -0.05) is 48.4 Å². The van der Waals surface area contributed by atoms with Gasteiger partial charge in [-0.05, 0) is 58.0 Å². The number of fused-ring (bicyclic) bond motifs is 1. The smallest absolute Gasteiger partial charge is 0.100 e. The Morgan fingerprint density at radius 1 is 0.923 bits per heavy atom. The van der Waals surface area contributed by atoms with Crippen molar-refractivity contribution < 1.29 is 0 Å². The molecule has 0 N–H and O–H groups in total. The third kappa shape index (κ3) is 4.11. The Labute approximate surface area is 162 Å². The summed E-state index contributed by atoms with van der Waals surface area (Å²) in [6.07, 6.45) is 5.29. The summed E-state index contributed by atoms with van der Waals surface area (Å²) in [6, 6.07) is 17.2. The molecule has 1 fully saturated rings. The summed E-state index contributed by atoms with van der Waals surface area (Å²) >= 11 is 0. The Morgan fingerprint density at radius 2 is 1.69 bits per heavy atom. The number of nitrogens with zero attached hydrogens (tertiary/aromatic N) is 3. The van der Waals surface area contributed by atoms with Crippen LogP contribution in [-0.4, -0.2) is 34.3 Å². The van der Waals surface area contributed by atoms with E-state index in [-0.39, 0.29) is 12.4 Å². The van der Waals surface area contributed by atoms with Crippen molar-refractivity contribution >= 4 is 23.3 Å². The van der Waals surface area contributed by atoms with Crippen LogP contribution in [0, 0.1) is 6.92 Å². The molecule has 4 heteroatoms. The van der Waals surface area contributed by atoms with E-state index in [0.717, 1.165) is 12.2 Å². The third-order valence-electron chi connectivity index (χ3n) is 5.25. The molecule has 0 spiro atoms. The minimum atomic E-state index is 0. The number of hydrogen-bond donors (Lipinski definition) is 0. The van der Waals surface area contributed by atoms with Crippen molar-refractivity contribution in [2.45, 2.75) is 39.2 Å². The molecule has 0 radical (unpaired) electrons. The third-order valence-corrected chi connectivity index (χ3v) is 5.25. The van der Waals surface area contributed by atoms with Crippen molar-refractivity contribution in [2.75, 3.05) is 19.6 Å². The van der Waals surface area contributed by atoms with E-state index in [2.05, 4.69) is 65.0 Å². The molecule has 0 aliphatic carbocycles. The van der Waals surface area contributed by atoms with Gasteiger partial charge in [-0.25, -0.2) is 0 Å². The quantitative estimate of drug-likeness (QED) is 0.607. The van der Waals surface area contributed by atoms with Crippen LogP contribution in [0.1, 0.15) is 31.2 Å². The van der Waals surface area contributed by atoms with E-state index >= 15 is 0 Å². The molecule has 26 heavy (non-hydrogen) atoms. The van der Waals surface area contributed by atoms with Gasteiger partial charge < -0.3 is 4.90 Å². The first-order valence-electron chi connectivity index (χ1n) is 9.56. The molecule has 2 aromatic carbocycles. The van der Waals surface area contributed by atoms with Crippen LogP contribution in [0.15, 0.2) is 48.5 Å². The molecule has 138 valence electrons. The van der Waals surface area contributed by atoms with Crippen LogP contribution in [0.25, 0.3) is 22.2 Å². The highest BCUT2D eigenvalue weighted by Gasteiger charge is 2.13. The first-order chi connectivity index (χ1) is 12.3. The van der Waals surface area contributed by atoms with Crippen LogP contribution in [0.2, 0.25) is 0 Å². The average molecular weight is 370 g/mol. The van der Waals surface area contributed by atoms with Crippen molar-refractivity contribution in [2.24, 2.45) is 0 Å². The number of aryl methyl sites for hydroxylation is 2. The molecule has 1 aliphatic rings. The standard InChI is InChI=1S/C22H27N3.ClH/c1-18-11-12-21-20(17-18)22(19-9-4-2-5-10-19)23-25(21)16-8-15-24-13-6-3-7-14-24;/h2,4-5,9-12,17H,3,6-8,13-16H2,1H3;1H. The van der Waals surface area contributed by atoms with Gasteiger partial charge >= 0.3 is 0 Å². The second kappa shape index (κ2) is 8.70. The minimum Gasteiger partial charge on any atom is -0.303 e. The molecular weight excluding hydrogens is 342 g/mol. The van der Waals surface area contributed by atoms with Crippen molar-refractivity contribution in [3.05, 3.63) is 54.1 Å². The van der Waals surface area contributed by atoms with Crippen LogP contribution in [0.5, 0.6) is 0 Å². The number of halogens is 1. The summed E-state index contributed by atoms with van der Waals surface area (Å²) in [7, 11) is 0. The number of rotatable bonds is 5. The lowest BCUT2D eigenvalue weighted by atomic mass is 10.1. The molecule has 0 unspecified atom stereocenters. The largest absolute Gasteiger partial charge is 0.303 e. The fourth-order valence-electron chi connectivity index (χ4n) is 3.90. The predicted molar refractivity (Wildman–Crippen MR) is 112 cm³/mol. The van der Waals surface area contributed by atoms with E-state index < -0.39 is 0 Å². The van der Waals surface area contributed by atoms with Gasteiger partial charge in [0, 0.05) is 17.5 Å². The molecule has 2 heterocycles. The Kier molecular flexibility index (Phi) is 6.33. The zero-order valence-corrected chi connectivity index (χ0v) is 16.3. The van der Waals surface area contributed by atoms with Crippen molar-refractivity contribution in [3.63, 3.8) is 0 Å². The van der Waals surface area contributed by atoms with Crippen LogP contribution < -0.4 is 0 Å². The van der Waals surface area contributed by atoms with Crippen LogP contribution in [0.4, 0.5) is 0 Å². The highest BCUT2D eigenvalue weighted by atomic mass is 35.5. The van der Waals surface area contributed by atoms with E-state index in [9.17, 15) is 0 Å². The summed E-state index contributed by atoms with van der Waals surface area (Å²) in [5.74, 6) is 0. The Hall–Kier alpha value is -1.84. The van der Waals surface area contributed by atoms with E-state index in [1.807, 2.05) is 0 Å². The fourth-order valence-corrected chi connectivity index (χ4v) is 3.90. The molecule has 0 amide bonds. The molecule has 1 aromatic heterocycles. The van der Waals surface area contributed by atoms with Gasteiger partial charge in [0.2, 0.25) is 0 Å². The van der Waals surface area contributed by atoms with Crippen molar-refractivity contribution in [3.8, 4) is 11.3 Å². The Balaban J connectivity index is 0.00000196. The Morgan fingerprint density at radius 3 is 2.46 bits per heavy atom. The number of likely N-dealkylation sites (tertiary alicyclic amines) is 1. The summed E-state index contributed by atoms with van der Waals surface area (Å²) in [5, 5.41) is 6.25. The fraction of sp³-hybridized carbons (Fsp3) is 0.409. The lowest BCUT2D eigenvalue weighted by Crippen LogP contribution is -2.31. The predicted octanol–water partition coefficient (Wildman–Crippen LogP) is 5.31. The van der Waals surface area contributed by atoms with Crippen molar-refractivity contribution in [1.29, 1.82) is 0 Å². The molecule has 0 bridgehead atoms.